The molecular formula is C10H17NO3S. The molecule has 0 aliphatic carbocycles. The number of allylic oxidation sites excluding steroid dienone is 4. The lowest BCUT2D eigenvalue weighted by Crippen LogP contribution is -2.17. The molecular weight excluding hydrogens is 214 g/mol. The number of hydrogen-bond acceptors (Lipinski definition) is 4. The zero-order valence-corrected chi connectivity index (χ0v) is 9.75. The molecule has 0 heterocycles. The second-order valence-corrected chi connectivity index (χ2v) is 4.43. The van der Waals surface area contributed by atoms with E-state index in [1.807, 2.05) is 0 Å². The maximum Gasteiger partial charge on any atom is 0.142 e. The third-order valence-electron chi connectivity index (χ3n) is 1.62. The minimum Gasteiger partial charge on any atom is -0.495 e. The molecule has 0 fully saturated rings. The second-order valence-electron chi connectivity index (χ2n) is 2.48. The number of methoxy groups -OCH3 is 1. The van der Waals surface area contributed by atoms with Crippen molar-refractivity contribution in [2.24, 2.45) is 0 Å². The van der Waals surface area contributed by atoms with Crippen molar-refractivity contribution in [1.82, 2.24) is 4.72 Å². The van der Waals surface area contributed by atoms with Crippen molar-refractivity contribution >= 4 is 10.8 Å². The first-order valence-electron chi connectivity index (χ1n) is 4.20. The maximum atomic E-state index is 9.70. The molecule has 0 saturated heterocycles. The predicted octanol–water partition coefficient (Wildman–Crippen LogP) is 2.66. The van der Waals surface area contributed by atoms with E-state index in [0.717, 1.165) is 0 Å². The summed E-state index contributed by atoms with van der Waals surface area (Å²) in [6, 6.07) is 0. The van der Waals surface area contributed by atoms with E-state index in [4.69, 9.17) is 4.74 Å². The van der Waals surface area contributed by atoms with Crippen LogP contribution in [0.2, 0.25) is 0 Å². The van der Waals surface area contributed by atoms with Gasteiger partial charge in [-0.3, -0.25) is 9.11 Å². The topological polar surface area (TPSA) is 61.7 Å². The molecule has 0 bridgehead atoms. The fraction of sp³-hybridized carbons (Fsp3) is 0.200. The summed E-state index contributed by atoms with van der Waals surface area (Å²) < 4.78 is 26.8. The zero-order chi connectivity index (χ0) is 11.9. The average molecular weight is 231 g/mol. The van der Waals surface area contributed by atoms with E-state index in [9.17, 15) is 9.11 Å². The second kappa shape index (κ2) is 6.47. The third-order valence-corrected chi connectivity index (χ3v) is 3.14. The van der Waals surface area contributed by atoms with Crippen molar-refractivity contribution in [2.45, 2.75) is 0 Å². The van der Waals surface area contributed by atoms with E-state index in [-0.39, 0.29) is 4.91 Å². The SMILES string of the molecule is C=C/C=C\C(=C(/C=C)OC)S(O)(O)NC. The molecule has 0 atom stereocenters. The Morgan fingerprint density at radius 1 is 1.40 bits per heavy atom. The van der Waals surface area contributed by atoms with E-state index in [1.165, 1.54) is 32.4 Å². The summed E-state index contributed by atoms with van der Waals surface area (Å²) >= 11 is 0. The molecule has 0 aliphatic rings. The molecule has 5 heteroatoms. The average Bonchev–Trinajstić information content (AvgIpc) is 2.24. The van der Waals surface area contributed by atoms with Gasteiger partial charge in [0.05, 0.1) is 7.11 Å². The highest BCUT2D eigenvalue weighted by molar-refractivity contribution is 8.26. The van der Waals surface area contributed by atoms with Gasteiger partial charge in [-0.2, -0.15) is 0 Å². The fourth-order valence-electron chi connectivity index (χ4n) is 0.867. The molecule has 0 spiro atoms. The number of hydrogen-bond donors (Lipinski definition) is 3. The molecule has 4 nitrogen and oxygen atoms in total. The molecule has 0 rings (SSSR count). The summed E-state index contributed by atoms with van der Waals surface area (Å²) in [6.07, 6.45) is 6.04. The highest BCUT2D eigenvalue weighted by atomic mass is 32.3. The van der Waals surface area contributed by atoms with Crippen LogP contribution in [0.3, 0.4) is 0 Å². The van der Waals surface area contributed by atoms with Gasteiger partial charge >= 0.3 is 0 Å². The summed E-state index contributed by atoms with van der Waals surface area (Å²) in [6.45, 7) is 7.03. The van der Waals surface area contributed by atoms with Gasteiger partial charge in [-0.15, -0.1) is 10.8 Å². The van der Waals surface area contributed by atoms with Gasteiger partial charge in [-0.1, -0.05) is 25.3 Å². The Balaban J connectivity index is 5.39. The maximum absolute atomic E-state index is 9.70. The lowest BCUT2D eigenvalue weighted by molar-refractivity contribution is 0.304. The summed E-state index contributed by atoms with van der Waals surface area (Å²) in [7, 11) is -0.171. The van der Waals surface area contributed by atoms with Gasteiger partial charge in [0, 0.05) is 7.05 Å². The van der Waals surface area contributed by atoms with Crippen molar-refractivity contribution in [3.8, 4) is 0 Å². The minimum atomic E-state index is -3.06. The van der Waals surface area contributed by atoms with Crippen LogP contribution in [-0.4, -0.2) is 23.3 Å². The van der Waals surface area contributed by atoms with E-state index < -0.39 is 10.8 Å². The molecule has 0 saturated carbocycles. The third kappa shape index (κ3) is 3.93. The van der Waals surface area contributed by atoms with Crippen LogP contribution in [0, 0.1) is 0 Å². The van der Waals surface area contributed by atoms with Crippen LogP contribution in [0.15, 0.2) is 48.1 Å². The van der Waals surface area contributed by atoms with Gasteiger partial charge < -0.3 is 4.74 Å². The van der Waals surface area contributed by atoms with Crippen LogP contribution in [0.25, 0.3) is 0 Å². The Kier molecular flexibility index (Phi) is 6.03. The molecule has 0 aromatic rings. The number of rotatable bonds is 6. The van der Waals surface area contributed by atoms with E-state index in [0.29, 0.717) is 5.76 Å². The van der Waals surface area contributed by atoms with Crippen LogP contribution in [0.4, 0.5) is 0 Å². The highest BCUT2D eigenvalue weighted by Crippen LogP contribution is 2.45. The Bertz CT molecular complexity index is 295. The van der Waals surface area contributed by atoms with E-state index >= 15 is 0 Å². The first-order chi connectivity index (χ1) is 7.03. The van der Waals surface area contributed by atoms with Crippen molar-refractivity contribution in [2.75, 3.05) is 14.2 Å². The highest BCUT2D eigenvalue weighted by Gasteiger charge is 2.18. The molecule has 86 valence electrons. The normalized spacial score (nSPS) is 14.7. The van der Waals surface area contributed by atoms with Gasteiger partial charge in [0.25, 0.3) is 0 Å². The summed E-state index contributed by atoms with van der Waals surface area (Å²) in [5.74, 6) is 0.308. The number of nitrogens with one attached hydrogen (secondary N) is 1. The molecule has 3 N–H and O–H groups in total. The summed E-state index contributed by atoms with van der Waals surface area (Å²) in [4.78, 5) is 0.238. The fourth-order valence-corrected chi connectivity index (χ4v) is 1.80. The first kappa shape index (κ1) is 14.0. The summed E-state index contributed by atoms with van der Waals surface area (Å²) in [5.41, 5.74) is 0. The van der Waals surface area contributed by atoms with Gasteiger partial charge in [-0.25, -0.2) is 4.72 Å². The largest absolute Gasteiger partial charge is 0.495 e. The van der Waals surface area contributed by atoms with Crippen LogP contribution in [0.5, 0.6) is 0 Å². The molecule has 0 aromatic carbocycles. The zero-order valence-electron chi connectivity index (χ0n) is 8.93. The Morgan fingerprint density at radius 2 is 2.00 bits per heavy atom. The van der Waals surface area contributed by atoms with Crippen molar-refractivity contribution < 1.29 is 13.8 Å². The Labute approximate surface area is 92.1 Å². The molecule has 0 unspecified atom stereocenters. The van der Waals surface area contributed by atoms with Crippen molar-refractivity contribution in [1.29, 1.82) is 0 Å². The van der Waals surface area contributed by atoms with Crippen LogP contribution < -0.4 is 4.72 Å². The predicted molar refractivity (Wildman–Crippen MR) is 65.5 cm³/mol. The van der Waals surface area contributed by atoms with Gasteiger partial charge in [-0.05, 0) is 12.2 Å². The Morgan fingerprint density at radius 3 is 2.33 bits per heavy atom. The molecule has 0 aromatic heterocycles. The smallest absolute Gasteiger partial charge is 0.142 e. The van der Waals surface area contributed by atoms with E-state index in [1.54, 1.807) is 6.08 Å². The van der Waals surface area contributed by atoms with Crippen LogP contribution in [-0.2, 0) is 4.74 Å². The van der Waals surface area contributed by atoms with Gasteiger partial charge in [0.2, 0.25) is 0 Å². The standard InChI is InChI=1S/C10H17NO3S/c1-5-7-8-10(9(6-2)14-4)15(12,13)11-3/h5-8,11-13H,1-2H2,3-4H3/b8-7-,10-9-. The van der Waals surface area contributed by atoms with Gasteiger partial charge in [0.1, 0.15) is 10.7 Å². The Hall–Kier alpha value is -1.01. The minimum absolute atomic E-state index is 0.238. The first-order valence-corrected chi connectivity index (χ1v) is 5.74. The van der Waals surface area contributed by atoms with Crippen LogP contribution in [0.1, 0.15) is 0 Å². The van der Waals surface area contributed by atoms with E-state index in [2.05, 4.69) is 17.9 Å². The monoisotopic (exact) mass is 231 g/mol. The lowest BCUT2D eigenvalue weighted by atomic mass is 10.4. The molecule has 0 amide bonds. The van der Waals surface area contributed by atoms with Crippen LogP contribution >= 0.6 is 10.8 Å². The quantitative estimate of drug-likeness (QED) is 0.486. The lowest BCUT2D eigenvalue weighted by Gasteiger charge is -2.32. The molecule has 0 aliphatic heterocycles. The van der Waals surface area contributed by atoms with Crippen molar-refractivity contribution in [3.63, 3.8) is 0 Å². The number of ether oxygens (including phenoxy) is 1. The molecule has 0 radical (unpaired) electrons. The molecule has 15 heavy (non-hydrogen) atoms. The van der Waals surface area contributed by atoms with Gasteiger partial charge in [0.15, 0.2) is 0 Å². The summed E-state index contributed by atoms with van der Waals surface area (Å²) in [5, 5.41) is 0. The van der Waals surface area contributed by atoms with Crippen molar-refractivity contribution in [3.05, 3.63) is 48.1 Å².